The van der Waals surface area contributed by atoms with Crippen LogP contribution in [0, 0.1) is 3.57 Å². The lowest BCUT2D eigenvalue weighted by Gasteiger charge is -2.15. The summed E-state index contributed by atoms with van der Waals surface area (Å²) in [6.45, 7) is 5.53. The van der Waals surface area contributed by atoms with E-state index in [2.05, 4.69) is 33.2 Å². The average Bonchev–Trinajstić information content (AvgIpc) is 2.44. The van der Waals surface area contributed by atoms with E-state index < -0.39 is 0 Å². The zero-order valence-electron chi connectivity index (χ0n) is 12.7. The van der Waals surface area contributed by atoms with Crippen LogP contribution < -0.4 is 20.1 Å². The molecule has 0 aliphatic carbocycles. The summed E-state index contributed by atoms with van der Waals surface area (Å²) in [4.78, 5) is 12.2. The van der Waals surface area contributed by atoms with E-state index >= 15 is 0 Å². The zero-order valence-corrected chi connectivity index (χ0v) is 15.6. The van der Waals surface area contributed by atoms with Crippen molar-refractivity contribution in [2.45, 2.75) is 19.9 Å². The van der Waals surface area contributed by atoms with E-state index in [0.29, 0.717) is 23.6 Å². The predicted octanol–water partition coefficient (Wildman–Crippen LogP) is 2.46. The van der Waals surface area contributed by atoms with E-state index in [1.807, 2.05) is 13.8 Å². The molecule has 2 N–H and O–H groups in total. The van der Waals surface area contributed by atoms with Gasteiger partial charge in [-0.05, 0) is 48.2 Å². The number of nitrogens with one attached hydrogen (secondary N) is 2. The van der Waals surface area contributed by atoms with Gasteiger partial charge in [0.15, 0.2) is 11.5 Å². The standard InChI is InChI=1S/C14H21IN2O3.ClH/c1-5-16-9(2)8-17-14(18)10-6-12(19-3)13(20-4)7-11(10)15;/h6-7,9,16H,5,8H2,1-4H3,(H,17,18);1H/t9-;/m1./s1. The number of methoxy groups -OCH3 is 2. The number of benzene rings is 1. The maximum absolute atomic E-state index is 12.2. The first kappa shape index (κ1) is 20.3. The van der Waals surface area contributed by atoms with Crippen molar-refractivity contribution in [1.82, 2.24) is 10.6 Å². The molecule has 0 saturated heterocycles. The number of carbonyl (C=O) groups excluding carboxylic acids is 1. The highest BCUT2D eigenvalue weighted by Crippen LogP contribution is 2.31. The molecule has 0 bridgehead atoms. The maximum Gasteiger partial charge on any atom is 0.252 e. The first-order valence-electron chi connectivity index (χ1n) is 6.46. The van der Waals surface area contributed by atoms with E-state index in [1.165, 1.54) is 0 Å². The highest BCUT2D eigenvalue weighted by molar-refractivity contribution is 14.1. The first-order chi connectivity index (χ1) is 9.53. The minimum Gasteiger partial charge on any atom is -0.493 e. The summed E-state index contributed by atoms with van der Waals surface area (Å²) in [6.07, 6.45) is 0. The monoisotopic (exact) mass is 428 g/mol. The van der Waals surface area contributed by atoms with Gasteiger partial charge in [-0.2, -0.15) is 0 Å². The lowest BCUT2D eigenvalue weighted by Crippen LogP contribution is -2.39. The van der Waals surface area contributed by atoms with Crippen LogP contribution in [0.25, 0.3) is 0 Å². The van der Waals surface area contributed by atoms with Gasteiger partial charge in [-0.15, -0.1) is 12.4 Å². The lowest BCUT2D eigenvalue weighted by molar-refractivity contribution is 0.0949. The van der Waals surface area contributed by atoms with Gasteiger partial charge < -0.3 is 20.1 Å². The quantitative estimate of drug-likeness (QED) is 0.655. The normalized spacial score (nSPS) is 11.3. The molecule has 7 heteroatoms. The predicted molar refractivity (Wildman–Crippen MR) is 95.0 cm³/mol. The summed E-state index contributed by atoms with van der Waals surface area (Å²) in [5.74, 6) is 1.06. The molecule has 120 valence electrons. The number of halogens is 2. The molecule has 0 aliphatic heterocycles. The third kappa shape index (κ3) is 5.88. The molecule has 1 atom stereocenters. The second-order valence-corrected chi connectivity index (χ2v) is 5.52. The number of hydrogen-bond donors (Lipinski definition) is 2. The molecule has 0 radical (unpaired) electrons. The van der Waals surface area contributed by atoms with Gasteiger partial charge in [-0.25, -0.2) is 0 Å². The third-order valence-corrected chi connectivity index (χ3v) is 3.73. The minimum absolute atomic E-state index is 0. The number of amides is 1. The number of carbonyl (C=O) groups is 1. The van der Waals surface area contributed by atoms with Crippen molar-refractivity contribution < 1.29 is 14.3 Å². The summed E-state index contributed by atoms with van der Waals surface area (Å²) >= 11 is 2.12. The molecule has 0 saturated carbocycles. The summed E-state index contributed by atoms with van der Waals surface area (Å²) < 4.78 is 11.3. The number of likely N-dealkylation sites (N-methyl/N-ethyl adjacent to an activating group) is 1. The fraction of sp³-hybridized carbons (Fsp3) is 0.500. The van der Waals surface area contributed by atoms with Crippen LogP contribution in [0.1, 0.15) is 24.2 Å². The van der Waals surface area contributed by atoms with Crippen molar-refractivity contribution in [3.8, 4) is 11.5 Å². The van der Waals surface area contributed by atoms with E-state index in [1.54, 1.807) is 26.4 Å². The smallest absolute Gasteiger partial charge is 0.252 e. The van der Waals surface area contributed by atoms with Gasteiger partial charge >= 0.3 is 0 Å². The first-order valence-corrected chi connectivity index (χ1v) is 7.54. The molecule has 5 nitrogen and oxygen atoms in total. The summed E-state index contributed by atoms with van der Waals surface area (Å²) in [5.41, 5.74) is 0.590. The minimum atomic E-state index is -0.111. The molecule has 0 aliphatic rings. The van der Waals surface area contributed by atoms with Gasteiger partial charge in [0.2, 0.25) is 0 Å². The molecule has 0 aromatic heterocycles. The number of rotatable bonds is 7. The lowest BCUT2D eigenvalue weighted by atomic mass is 10.2. The Bertz CT molecular complexity index is 472. The summed E-state index contributed by atoms with van der Waals surface area (Å²) in [7, 11) is 3.13. The second-order valence-electron chi connectivity index (χ2n) is 4.36. The molecule has 0 unspecified atom stereocenters. The van der Waals surface area contributed by atoms with Gasteiger partial charge in [0.25, 0.3) is 5.91 Å². The van der Waals surface area contributed by atoms with E-state index in [0.717, 1.165) is 10.1 Å². The Labute approximate surface area is 145 Å². The topological polar surface area (TPSA) is 59.6 Å². The van der Waals surface area contributed by atoms with Crippen LogP contribution in [0.15, 0.2) is 12.1 Å². The number of ether oxygens (including phenoxy) is 2. The Hall–Kier alpha value is -0.730. The highest BCUT2D eigenvalue weighted by atomic mass is 127. The van der Waals surface area contributed by atoms with E-state index in [4.69, 9.17) is 9.47 Å². The molecule has 1 amide bonds. The molecule has 21 heavy (non-hydrogen) atoms. The molecule has 1 aromatic carbocycles. The fourth-order valence-electron chi connectivity index (χ4n) is 1.79. The average molecular weight is 429 g/mol. The van der Waals surface area contributed by atoms with Crippen molar-refractivity contribution in [3.05, 3.63) is 21.3 Å². The Morgan fingerprint density at radius 1 is 1.29 bits per heavy atom. The highest BCUT2D eigenvalue weighted by Gasteiger charge is 2.15. The molecule has 1 aromatic rings. The van der Waals surface area contributed by atoms with Crippen molar-refractivity contribution in [2.75, 3.05) is 27.3 Å². The van der Waals surface area contributed by atoms with Gasteiger partial charge in [0.05, 0.1) is 19.8 Å². The van der Waals surface area contributed by atoms with Gasteiger partial charge in [-0.3, -0.25) is 4.79 Å². The maximum atomic E-state index is 12.2. The molecule has 0 heterocycles. The largest absolute Gasteiger partial charge is 0.493 e. The molecule has 0 spiro atoms. The summed E-state index contributed by atoms with van der Waals surface area (Å²) in [6, 6.07) is 3.73. The molecular weight excluding hydrogens is 407 g/mol. The Morgan fingerprint density at radius 3 is 2.38 bits per heavy atom. The Morgan fingerprint density at radius 2 is 1.86 bits per heavy atom. The van der Waals surface area contributed by atoms with E-state index in [-0.39, 0.29) is 24.4 Å². The Kier molecular flexibility index (Phi) is 9.72. The summed E-state index contributed by atoms with van der Waals surface area (Å²) in [5, 5.41) is 6.16. The van der Waals surface area contributed by atoms with Gasteiger partial charge in [0, 0.05) is 16.2 Å². The second kappa shape index (κ2) is 10.1. The van der Waals surface area contributed by atoms with Crippen LogP contribution in [0.2, 0.25) is 0 Å². The number of hydrogen-bond acceptors (Lipinski definition) is 4. The van der Waals surface area contributed by atoms with Gasteiger partial charge in [0.1, 0.15) is 0 Å². The van der Waals surface area contributed by atoms with Crippen LogP contribution in [-0.2, 0) is 0 Å². The molecular formula is C14H22ClIN2O3. The van der Waals surface area contributed by atoms with Crippen LogP contribution in [-0.4, -0.2) is 39.3 Å². The van der Waals surface area contributed by atoms with Crippen molar-refractivity contribution in [1.29, 1.82) is 0 Å². The van der Waals surface area contributed by atoms with Crippen LogP contribution in [0.3, 0.4) is 0 Å². The van der Waals surface area contributed by atoms with E-state index in [9.17, 15) is 4.79 Å². The SMILES string of the molecule is CCN[C@H](C)CNC(=O)c1cc(OC)c(OC)cc1I.Cl. The van der Waals surface area contributed by atoms with Crippen molar-refractivity contribution in [2.24, 2.45) is 0 Å². The van der Waals surface area contributed by atoms with Gasteiger partial charge in [-0.1, -0.05) is 6.92 Å². The Balaban J connectivity index is 0.00000400. The fourth-order valence-corrected chi connectivity index (χ4v) is 2.47. The zero-order chi connectivity index (χ0) is 15.1. The van der Waals surface area contributed by atoms with Crippen molar-refractivity contribution in [3.63, 3.8) is 0 Å². The third-order valence-electron chi connectivity index (χ3n) is 2.84. The molecule has 0 fully saturated rings. The van der Waals surface area contributed by atoms with Crippen LogP contribution in [0.4, 0.5) is 0 Å². The van der Waals surface area contributed by atoms with Crippen LogP contribution >= 0.6 is 35.0 Å². The van der Waals surface area contributed by atoms with Crippen LogP contribution in [0.5, 0.6) is 11.5 Å². The van der Waals surface area contributed by atoms with Crippen molar-refractivity contribution >= 4 is 40.9 Å². The molecule has 1 rings (SSSR count).